The van der Waals surface area contributed by atoms with Gasteiger partial charge in [-0.25, -0.2) is 29.1 Å². The molecule has 0 bridgehead atoms. The van der Waals surface area contributed by atoms with Crippen LogP contribution in [0, 0.1) is 17.3 Å². The fourth-order valence-electron chi connectivity index (χ4n) is 6.55. The quantitative estimate of drug-likeness (QED) is 0.120. The number of rotatable bonds is 12. The molecule has 2 aromatic carbocycles. The molecule has 0 spiro atoms. The molecule has 0 saturated heterocycles. The fourth-order valence-corrected chi connectivity index (χ4v) is 6.55. The molecule has 268 valence electrons. The predicted octanol–water partition coefficient (Wildman–Crippen LogP) is 8.56. The summed E-state index contributed by atoms with van der Waals surface area (Å²) >= 11 is 0. The highest BCUT2D eigenvalue weighted by molar-refractivity contribution is 5.90. The number of hydrogen-bond acceptors (Lipinski definition) is 12. The summed E-state index contributed by atoms with van der Waals surface area (Å²) in [5.74, 6) is 0.499. The summed E-state index contributed by atoms with van der Waals surface area (Å²) < 4.78 is 21.8. The van der Waals surface area contributed by atoms with Crippen LogP contribution in [0.5, 0.6) is 11.5 Å². The first-order valence-corrected chi connectivity index (χ1v) is 17.2. The molecule has 0 radical (unpaired) electrons. The second-order valence-electron chi connectivity index (χ2n) is 13.2. The Kier molecular flexibility index (Phi) is 14.0. The molecule has 2 aliphatic carbocycles. The minimum atomic E-state index is -1.04. The van der Waals surface area contributed by atoms with Gasteiger partial charge >= 0.3 is 24.2 Å². The Bertz CT molecular complexity index is 1250. The van der Waals surface area contributed by atoms with Crippen LogP contribution in [0.2, 0.25) is 0 Å². The summed E-state index contributed by atoms with van der Waals surface area (Å²) in [7, 11) is 0. The second kappa shape index (κ2) is 18.3. The number of ether oxygens (including phenoxy) is 4. The van der Waals surface area contributed by atoms with E-state index in [2.05, 4.69) is 33.4 Å². The molecule has 0 aromatic heterocycles. The van der Waals surface area contributed by atoms with Gasteiger partial charge in [0.05, 0.1) is 24.3 Å². The predicted molar refractivity (Wildman–Crippen MR) is 176 cm³/mol. The lowest BCUT2D eigenvalue weighted by Crippen LogP contribution is -2.39. The van der Waals surface area contributed by atoms with Gasteiger partial charge in [0.15, 0.2) is 0 Å². The van der Waals surface area contributed by atoms with Crippen LogP contribution in [0.25, 0.3) is 0 Å². The molecule has 2 aliphatic rings. The lowest BCUT2D eigenvalue weighted by atomic mass is 9.60. The smallest absolute Gasteiger partial charge is 0.494 e. The molecule has 2 aromatic rings. The number of hydrogen-bond donors (Lipinski definition) is 0. The van der Waals surface area contributed by atoms with E-state index in [1.165, 1.54) is 24.3 Å². The third kappa shape index (κ3) is 11.3. The van der Waals surface area contributed by atoms with Crippen LogP contribution >= 0.6 is 0 Å². The Balaban J connectivity index is 1.11. The van der Waals surface area contributed by atoms with Crippen molar-refractivity contribution >= 4 is 24.2 Å². The molecule has 4 rings (SSSR count). The molecule has 0 amide bonds. The van der Waals surface area contributed by atoms with Crippen molar-refractivity contribution in [3.05, 3.63) is 59.7 Å². The van der Waals surface area contributed by atoms with Crippen molar-refractivity contribution in [3.8, 4) is 11.5 Å². The molecule has 0 heterocycles. The van der Waals surface area contributed by atoms with Gasteiger partial charge in [0.2, 0.25) is 0 Å². The highest BCUT2D eigenvalue weighted by Crippen LogP contribution is 2.49. The standard InChI is InChI=1S/C37H48O12/c1-5-23-42-29-15-7-25(8-16-29)33(38)46-48-35(40)44-31-19-11-27(12-20-31)37(3,4)28-13-21-32(22-14-28)45-36(41)49-47-34(39)26-9-17-30(18-10-26)43-24-6-2/h7-10,15-18,27-28,31-32H,5-6,11-14,19-24H2,1-4H3. The topological polar surface area (TPSA) is 142 Å². The third-order valence-corrected chi connectivity index (χ3v) is 9.48. The van der Waals surface area contributed by atoms with E-state index in [9.17, 15) is 19.2 Å². The van der Waals surface area contributed by atoms with Gasteiger partial charge in [0, 0.05) is 0 Å². The molecule has 12 nitrogen and oxygen atoms in total. The maximum Gasteiger partial charge on any atom is 0.550 e. The Morgan fingerprint density at radius 3 is 1.22 bits per heavy atom. The largest absolute Gasteiger partial charge is 0.550 e. The zero-order valence-corrected chi connectivity index (χ0v) is 28.8. The molecule has 49 heavy (non-hydrogen) atoms. The first-order chi connectivity index (χ1) is 23.6. The minimum Gasteiger partial charge on any atom is -0.494 e. The molecule has 2 saturated carbocycles. The van der Waals surface area contributed by atoms with Gasteiger partial charge in [-0.05, 0) is 130 Å². The van der Waals surface area contributed by atoms with E-state index in [0.29, 0.717) is 62.2 Å². The van der Waals surface area contributed by atoms with E-state index in [1.807, 2.05) is 13.8 Å². The molecular weight excluding hydrogens is 636 g/mol. The van der Waals surface area contributed by atoms with Gasteiger partial charge in [-0.15, -0.1) is 0 Å². The van der Waals surface area contributed by atoms with Crippen molar-refractivity contribution in [2.45, 2.75) is 104 Å². The second-order valence-corrected chi connectivity index (χ2v) is 13.2. The lowest BCUT2D eigenvalue weighted by Gasteiger charge is -2.46. The van der Waals surface area contributed by atoms with Gasteiger partial charge in [-0.1, -0.05) is 27.7 Å². The third-order valence-electron chi connectivity index (χ3n) is 9.48. The van der Waals surface area contributed by atoms with E-state index in [1.54, 1.807) is 24.3 Å². The van der Waals surface area contributed by atoms with E-state index < -0.39 is 24.2 Å². The van der Waals surface area contributed by atoms with E-state index >= 15 is 0 Å². The average molecular weight is 685 g/mol. The van der Waals surface area contributed by atoms with Crippen LogP contribution in [0.3, 0.4) is 0 Å². The Labute approximate surface area is 287 Å². The highest BCUT2D eigenvalue weighted by Gasteiger charge is 2.41. The highest BCUT2D eigenvalue weighted by atomic mass is 17.2. The Morgan fingerprint density at radius 2 is 0.898 bits per heavy atom. The first kappa shape index (κ1) is 37.3. The Morgan fingerprint density at radius 1 is 0.551 bits per heavy atom. The molecule has 2 fully saturated rings. The molecule has 0 aliphatic heterocycles. The van der Waals surface area contributed by atoms with Gasteiger partial charge < -0.3 is 18.9 Å². The molecule has 0 atom stereocenters. The lowest BCUT2D eigenvalue weighted by molar-refractivity contribution is -0.209. The van der Waals surface area contributed by atoms with E-state index in [0.717, 1.165) is 38.5 Å². The van der Waals surface area contributed by atoms with Crippen molar-refractivity contribution in [2.24, 2.45) is 17.3 Å². The van der Waals surface area contributed by atoms with E-state index in [4.69, 9.17) is 18.9 Å². The molecule has 0 unspecified atom stereocenters. The van der Waals surface area contributed by atoms with Crippen LogP contribution in [0.15, 0.2) is 48.5 Å². The van der Waals surface area contributed by atoms with Crippen LogP contribution < -0.4 is 9.47 Å². The monoisotopic (exact) mass is 684 g/mol. The zero-order valence-electron chi connectivity index (χ0n) is 28.8. The summed E-state index contributed by atoms with van der Waals surface area (Å²) in [4.78, 5) is 67.5. The van der Waals surface area contributed by atoms with Crippen molar-refractivity contribution in [3.63, 3.8) is 0 Å². The van der Waals surface area contributed by atoms with Crippen molar-refractivity contribution in [2.75, 3.05) is 13.2 Å². The van der Waals surface area contributed by atoms with Gasteiger partial charge in [0.25, 0.3) is 0 Å². The number of benzene rings is 2. The normalized spacial score (nSPS) is 20.7. The van der Waals surface area contributed by atoms with Crippen LogP contribution in [0.1, 0.15) is 113 Å². The van der Waals surface area contributed by atoms with Gasteiger partial charge in [-0.3, -0.25) is 0 Å². The summed E-state index contributed by atoms with van der Waals surface area (Å²) in [5.41, 5.74) is 0.463. The first-order valence-electron chi connectivity index (χ1n) is 17.2. The SMILES string of the molecule is CCCOc1ccc(C(=O)OOC(=O)OC2CCC(C(C)(C)C3CCC(OC(=O)OOC(=O)c4ccc(OCCC)cc4)CC3)CC2)cc1. The van der Waals surface area contributed by atoms with E-state index in [-0.39, 0.29) is 28.7 Å². The Hall–Kier alpha value is -4.48. The van der Waals surface area contributed by atoms with Crippen LogP contribution in [-0.2, 0) is 29.0 Å². The van der Waals surface area contributed by atoms with Gasteiger partial charge in [0.1, 0.15) is 23.7 Å². The van der Waals surface area contributed by atoms with Gasteiger partial charge in [-0.2, -0.15) is 9.59 Å². The number of carbonyl (C=O) groups is 4. The summed E-state index contributed by atoms with van der Waals surface area (Å²) in [5, 5.41) is 0. The van der Waals surface area contributed by atoms with Crippen molar-refractivity contribution in [1.82, 2.24) is 0 Å². The zero-order chi connectivity index (χ0) is 35.2. The fraction of sp³-hybridized carbons (Fsp3) is 0.568. The molecule has 0 N–H and O–H groups in total. The van der Waals surface area contributed by atoms with Crippen molar-refractivity contribution < 1.29 is 57.7 Å². The summed E-state index contributed by atoms with van der Waals surface area (Å²) in [6.45, 7) is 9.70. The average Bonchev–Trinajstić information content (AvgIpc) is 3.12. The molecule has 12 heteroatoms. The summed E-state index contributed by atoms with van der Waals surface area (Å²) in [6.07, 6.45) is 5.21. The van der Waals surface area contributed by atoms with Crippen LogP contribution in [-0.4, -0.2) is 49.7 Å². The number of carbonyl (C=O) groups excluding carboxylic acids is 4. The molecular formula is C37H48O12. The summed E-state index contributed by atoms with van der Waals surface area (Å²) in [6, 6.07) is 12.7. The van der Waals surface area contributed by atoms with Crippen LogP contribution in [0.4, 0.5) is 9.59 Å². The maximum atomic E-state index is 12.2. The maximum absolute atomic E-state index is 12.2. The van der Waals surface area contributed by atoms with Crippen molar-refractivity contribution in [1.29, 1.82) is 0 Å². The minimum absolute atomic E-state index is 0.0241.